The highest BCUT2D eigenvalue weighted by Gasteiger charge is 2.17. The molecule has 0 radical (unpaired) electrons. The van der Waals surface area contributed by atoms with Gasteiger partial charge in [0.1, 0.15) is 5.82 Å². The van der Waals surface area contributed by atoms with Gasteiger partial charge in [-0.15, -0.1) is 0 Å². The topological polar surface area (TPSA) is 64.1 Å². The van der Waals surface area contributed by atoms with E-state index in [1.165, 1.54) is 7.11 Å². The number of nitrogens with one attached hydrogen (secondary N) is 1. The number of nitrogens with zero attached hydrogens (tertiary/aromatic N) is 2. The highest BCUT2D eigenvalue weighted by atomic mass is 127. The van der Waals surface area contributed by atoms with E-state index in [4.69, 9.17) is 0 Å². The standard InChI is InChI=1S/C11H16IN3O2/c1-6(2)5-7-8(12)9(13-3)15-10(14-7)11(16)17-4/h6H,5H2,1-4H3,(H,13,14,15). The number of anilines is 1. The Labute approximate surface area is 115 Å². The molecule has 6 heteroatoms. The van der Waals surface area contributed by atoms with Gasteiger partial charge in [-0.05, 0) is 34.9 Å². The largest absolute Gasteiger partial charge is 0.463 e. The summed E-state index contributed by atoms with van der Waals surface area (Å²) >= 11 is 2.19. The van der Waals surface area contributed by atoms with E-state index in [0.29, 0.717) is 11.7 Å². The fraction of sp³-hybridized carbons (Fsp3) is 0.545. The number of esters is 1. The first-order chi connectivity index (χ1) is 7.99. The molecule has 0 saturated carbocycles. The van der Waals surface area contributed by atoms with Crippen LogP contribution >= 0.6 is 22.6 Å². The molecule has 0 bridgehead atoms. The molecule has 1 heterocycles. The number of carbonyl (C=O) groups is 1. The number of rotatable bonds is 4. The maximum Gasteiger partial charge on any atom is 0.376 e. The minimum Gasteiger partial charge on any atom is -0.463 e. The van der Waals surface area contributed by atoms with Gasteiger partial charge in [0.2, 0.25) is 5.82 Å². The van der Waals surface area contributed by atoms with Crippen molar-refractivity contribution in [1.82, 2.24) is 9.97 Å². The fourth-order valence-corrected chi connectivity index (χ4v) is 2.09. The average molecular weight is 349 g/mol. The maximum absolute atomic E-state index is 11.5. The summed E-state index contributed by atoms with van der Waals surface area (Å²) in [7, 11) is 3.09. The molecule has 0 spiro atoms. The Morgan fingerprint density at radius 2 is 2.12 bits per heavy atom. The second kappa shape index (κ2) is 6.13. The molecule has 0 unspecified atom stereocenters. The van der Waals surface area contributed by atoms with E-state index in [-0.39, 0.29) is 5.82 Å². The van der Waals surface area contributed by atoms with Crippen LogP contribution in [-0.4, -0.2) is 30.1 Å². The lowest BCUT2D eigenvalue weighted by atomic mass is 10.1. The van der Waals surface area contributed by atoms with Crippen molar-refractivity contribution in [3.05, 3.63) is 15.1 Å². The van der Waals surface area contributed by atoms with Crippen molar-refractivity contribution in [1.29, 1.82) is 0 Å². The van der Waals surface area contributed by atoms with Gasteiger partial charge in [0.05, 0.1) is 16.4 Å². The van der Waals surface area contributed by atoms with Crippen molar-refractivity contribution in [3.63, 3.8) is 0 Å². The number of halogens is 1. The van der Waals surface area contributed by atoms with Gasteiger partial charge in [-0.1, -0.05) is 13.8 Å². The van der Waals surface area contributed by atoms with Crippen LogP contribution in [0.4, 0.5) is 5.82 Å². The predicted octanol–water partition coefficient (Wildman–Crippen LogP) is 2.11. The Kier molecular flexibility index (Phi) is 5.10. The normalized spacial score (nSPS) is 10.5. The van der Waals surface area contributed by atoms with Crippen molar-refractivity contribution in [2.45, 2.75) is 20.3 Å². The van der Waals surface area contributed by atoms with E-state index in [1.54, 1.807) is 7.05 Å². The Bertz CT molecular complexity index is 421. The first-order valence-corrected chi connectivity index (χ1v) is 6.40. The highest BCUT2D eigenvalue weighted by Crippen LogP contribution is 2.21. The highest BCUT2D eigenvalue weighted by molar-refractivity contribution is 14.1. The number of carbonyl (C=O) groups excluding carboxylic acids is 1. The van der Waals surface area contributed by atoms with Crippen LogP contribution in [0.3, 0.4) is 0 Å². The van der Waals surface area contributed by atoms with E-state index in [2.05, 4.69) is 56.5 Å². The van der Waals surface area contributed by atoms with Crippen molar-refractivity contribution < 1.29 is 9.53 Å². The van der Waals surface area contributed by atoms with Gasteiger partial charge in [-0.3, -0.25) is 0 Å². The van der Waals surface area contributed by atoms with Crippen molar-refractivity contribution in [2.75, 3.05) is 19.5 Å². The fourth-order valence-electron chi connectivity index (χ4n) is 1.36. The average Bonchev–Trinajstić information content (AvgIpc) is 2.30. The molecule has 0 aliphatic heterocycles. The monoisotopic (exact) mass is 349 g/mol. The number of ether oxygens (including phenoxy) is 1. The van der Waals surface area contributed by atoms with Crippen molar-refractivity contribution in [2.24, 2.45) is 5.92 Å². The molecule has 0 aromatic carbocycles. The third kappa shape index (κ3) is 3.52. The van der Waals surface area contributed by atoms with E-state index < -0.39 is 5.97 Å². The molecule has 0 amide bonds. The Hall–Kier alpha value is -0.920. The van der Waals surface area contributed by atoms with Gasteiger partial charge >= 0.3 is 5.97 Å². The van der Waals surface area contributed by atoms with Crippen LogP contribution in [0.25, 0.3) is 0 Å². The van der Waals surface area contributed by atoms with Gasteiger partial charge in [-0.2, -0.15) is 0 Å². The van der Waals surface area contributed by atoms with Crippen molar-refractivity contribution >= 4 is 34.4 Å². The Morgan fingerprint density at radius 1 is 1.47 bits per heavy atom. The summed E-state index contributed by atoms with van der Waals surface area (Å²) in [6.07, 6.45) is 0.805. The first kappa shape index (κ1) is 14.1. The molecule has 0 aliphatic rings. The van der Waals surface area contributed by atoms with Gasteiger partial charge < -0.3 is 10.1 Å². The van der Waals surface area contributed by atoms with Crippen LogP contribution in [0.5, 0.6) is 0 Å². The second-order valence-electron chi connectivity index (χ2n) is 4.00. The summed E-state index contributed by atoms with van der Waals surface area (Å²) in [6.45, 7) is 4.21. The molecule has 0 atom stereocenters. The molecule has 17 heavy (non-hydrogen) atoms. The quantitative estimate of drug-likeness (QED) is 0.666. The smallest absolute Gasteiger partial charge is 0.376 e. The van der Waals surface area contributed by atoms with E-state index in [9.17, 15) is 4.79 Å². The second-order valence-corrected chi connectivity index (χ2v) is 5.07. The summed E-state index contributed by atoms with van der Waals surface area (Å²) in [5.41, 5.74) is 0.875. The van der Waals surface area contributed by atoms with Crippen LogP contribution in [0.15, 0.2) is 0 Å². The van der Waals surface area contributed by atoms with Crippen LogP contribution in [-0.2, 0) is 11.2 Å². The maximum atomic E-state index is 11.5. The van der Waals surface area contributed by atoms with E-state index in [0.717, 1.165) is 15.7 Å². The SMILES string of the molecule is CNc1nc(C(=O)OC)nc(CC(C)C)c1I. The third-order valence-corrected chi connectivity index (χ3v) is 3.26. The molecule has 0 saturated heterocycles. The molecule has 94 valence electrons. The molecule has 5 nitrogen and oxygen atoms in total. The molecule has 0 aliphatic carbocycles. The molecular formula is C11H16IN3O2. The number of hydrogen-bond donors (Lipinski definition) is 1. The predicted molar refractivity (Wildman–Crippen MR) is 74.2 cm³/mol. The lowest BCUT2D eigenvalue weighted by molar-refractivity contribution is 0.0586. The third-order valence-electron chi connectivity index (χ3n) is 2.13. The zero-order valence-corrected chi connectivity index (χ0v) is 12.5. The zero-order chi connectivity index (χ0) is 13.0. The summed E-state index contributed by atoms with van der Waals surface area (Å²) in [5, 5.41) is 2.96. The van der Waals surface area contributed by atoms with Gasteiger partial charge in [0, 0.05) is 7.05 Å². The Morgan fingerprint density at radius 3 is 2.59 bits per heavy atom. The molecule has 0 fully saturated rings. The molecule has 1 aromatic rings. The zero-order valence-electron chi connectivity index (χ0n) is 10.4. The molecule has 1 rings (SSSR count). The van der Waals surface area contributed by atoms with Gasteiger partial charge in [0.25, 0.3) is 0 Å². The van der Waals surface area contributed by atoms with Crippen LogP contribution in [0.1, 0.15) is 30.2 Å². The van der Waals surface area contributed by atoms with Crippen LogP contribution in [0, 0.1) is 9.49 Å². The molecule has 1 aromatic heterocycles. The minimum absolute atomic E-state index is 0.105. The summed E-state index contributed by atoms with van der Waals surface area (Å²) in [6, 6.07) is 0. The number of aromatic nitrogens is 2. The van der Waals surface area contributed by atoms with E-state index >= 15 is 0 Å². The van der Waals surface area contributed by atoms with Crippen molar-refractivity contribution in [3.8, 4) is 0 Å². The van der Waals surface area contributed by atoms with Crippen LogP contribution < -0.4 is 5.32 Å². The molecular weight excluding hydrogens is 333 g/mol. The first-order valence-electron chi connectivity index (χ1n) is 5.32. The number of hydrogen-bond acceptors (Lipinski definition) is 5. The minimum atomic E-state index is -0.511. The lowest BCUT2D eigenvalue weighted by Crippen LogP contribution is -2.14. The van der Waals surface area contributed by atoms with E-state index in [1.807, 2.05) is 0 Å². The lowest BCUT2D eigenvalue weighted by Gasteiger charge is -2.11. The summed E-state index contributed by atoms with van der Waals surface area (Å²) in [4.78, 5) is 19.8. The molecule has 1 N–H and O–H groups in total. The number of methoxy groups -OCH3 is 1. The van der Waals surface area contributed by atoms with Gasteiger partial charge in [0.15, 0.2) is 0 Å². The summed E-state index contributed by atoms with van der Waals surface area (Å²) < 4.78 is 5.59. The van der Waals surface area contributed by atoms with Crippen LogP contribution in [0.2, 0.25) is 0 Å². The Balaban J connectivity index is 3.23. The summed E-state index contributed by atoms with van der Waals surface area (Å²) in [5.74, 6) is 0.723. The van der Waals surface area contributed by atoms with Gasteiger partial charge in [-0.25, -0.2) is 14.8 Å².